The zero-order chi connectivity index (χ0) is 13.8. The van der Waals surface area contributed by atoms with Crippen LogP contribution in [0.25, 0.3) is 0 Å². The lowest BCUT2D eigenvalue weighted by molar-refractivity contribution is 0.266. The van der Waals surface area contributed by atoms with Crippen LogP contribution in [-0.2, 0) is 6.54 Å². The molecule has 1 fully saturated rings. The van der Waals surface area contributed by atoms with Crippen molar-refractivity contribution in [3.05, 3.63) is 5.56 Å². The molecule has 1 aromatic rings. The van der Waals surface area contributed by atoms with Gasteiger partial charge in [-0.15, -0.1) is 0 Å². The summed E-state index contributed by atoms with van der Waals surface area (Å²) in [5.41, 5.74) is 6.22. The third-order valence-corrected chi connectivity index (χ3v) is 3.38. The van der Waals surface area contributed by atoms with E-state index in [0.29, 0.717) is 24.3 Å². The lowest BCUT2D eigenvalue weighted by Gasteiger charge is -2.22. The highest BCUT2D eigenvalue weighted by Gasteiger charge is 2.29. The summed E-state index contributed by atoms with van der Waals surface area (Å²) in [7, 11) is 0. The maximum atomic E-state index is 9.35. The van der Waals surface area contributed by atoms with Gasteiger partial charge in [0.2, 0.25) is 0 Å². The summed E-state index contributed by atoms with van der Waals surface area (Å²) in [6.07, 6.45) is 2.13. The number of nitrogen functional groups attached to an aromatic ring is 1. The minimum atomic E-state index is -0.00850. The van der Waals surface area contributed by atoms with Crippen LogP contribution < -0.4 is 10.6 Å². The Morgan fingerprint density at radius 1 is 1.47 bits per heavy atom. The molecule has 0 amide bonds. The molecule has 100 valence electrons. The summed E-state index contributed by atoms with van der Waals surface area (Å²) in [5, 5.41) is 31.5. The minimum absolute atomic E-state index is 0.00850. The lowest BCUT2D eigenvalue weighted by atomic mass is 10.2. The van der Waals surface area contributed by atoms with Crippen molar-refractivity contribution in [2.75, 3.05) is 23.8 Å². The van der Waals surface area contributed by atoms with Crippen molar-refractivity contribution in [1.29, 1.82) is 10.5 Å². The molecule has 1 unspecified atom stereocenters. The highest BCUT2D eigenvalue weighted by Crippen LogP contribution is 2.30. The first-order chi connectivity index (χ1) is 9.22. The van der Waals surface area contributed by atoms with Crippen LogP contribution in [0, 0.1) is 22.7 Å². The third-order valence-electron chi connectivity index (χ3n) is 3.38. The summed E-state index contributed by atoms with van der Waals surface area (Å²) in [6, 6.07) is 4.09. The average molecular weight is 260 g/mol. The van der Waals surface area contributed by atoms with E-state index in [9.17, 15) is 10.4 Å². The number of hydrogen-bond acceptors (Lipinski definition) is 6. The van der Waals surface area contributed by atoms with Crippen molar-refractivity contribution < 1.29 is 5.11 Å². The maximum Gasteiger partial charge on any atom is 0.171 e. The average Bonchev–Trinajstić information content (AvgIpc) is 3.00. The third kappa shape index (κ3) is 2.33. The van der Waals surface area contributed by atoms with Gasteiger partial charge in [-0.3, -0.25) is 0 Å². The number of nitrogens with two attached hydrogens (primary N) is 1. The largest absolute Gasteiger partial charge is 0.394 e. The molecule has 0 aromatic carbocycles. The van der Waals surface area contributed by atoms with Crippen LogP contribution >= 0.6 is 0 Å². The topological polar surface area (TPSA) is 115 Å². The fourth-order valence-electron chi connectivity index (χ4n) is 2.40. The molecule has 0 aliphatic carbocycles. The number of nitrogens with zero attached hydrogens (tertiary/aromatic N) is 5. The first kappa shape index (κ1) is 13.2. The zero-order valence-corrected chi connectivity index (χ0v) is 10.6. The summed E-state index contributed by atoms with van der Waals surface area (Å²) < 4.78 is 1.49. The van der Waals surface area contributed by atoms with Crippen LogP contribution in [0.1, 0.15) is 24.8 Å². The van der Waals surface area contributed by atoms with Crippen LogP contribution in [0.3, 0.4) is 0 Å². The van der Waals surface area contributed by atoms with Crippen LogP contribution in [0.4, 0.5) is 11.6 Å². The van der Waals surface area contributed by atoms with E-state index in [1.807, 2.05) is 11.0 Å². The van der Waals surface area contributed by atoms with Crippen molar-refractivity contribution in [2.45, 2.75) is 31.8 Å². The van der Waals surface area contributed by atoms with E-state index >= 15 is 0 Å². The molecule has 7 nitrogen and oxygen atoms in total. The number of aryl methyl sites for hydroxylation is 1. The molecule has 1 aromatic heterocycles. The van der Waals surface area contributed by atoms with E-state index in [1.165, 1.54) is 4.68 Å². The van der Waals surface area contributed by atoms with Gasteiger partial charge in [-0.25, -0.2) is 4.68 Å². The number of anilines is 2. The second-order valence-corrected chi connectivity index (χ2v) is 4.50. The first-order valence-corrected chi connectivity index (χ1v) is 6.23. The summed E-state index contributed by atoms with van der Waals surface area (Å²) in [5.74, 6) is 0.811. The van der Waals surface area contributed by atoms with E-state index in [4.69, 9.17) is 11.0 Å². The van der Waals surface area contributed by atoms with E-state index in [2.05, 4.69) is 11.2 Å². The lowest BCUT2D eigenvalue weighted by Crippen LogP contribution is -2.33. The number of aliphatic hydroxyl groups is 1. The molecular weight excluding hydrogens is 244 g/mol. The number of aliphatic hydroxyl groups excluding tert-OH is 1. The molecule has 1 saturated heterocycles. The smallest absolute Gasteiger partial charge is 0.171 e. The van der Waals surface area contributed by atoms with Gasteiger partial charge in [-0.2, -0.15) is 15.6 Å². The molecule has 0 spiro atoms. The fourth-order valence-corrected chi connectivity index (χ4v) is 2.40. The molecular formula is C12H16N6O. The Morgan fingerprint density at radius 2 is 2.26 bits per heavy atom. The monoisotopic (exact) mass is 260 g/mol. The van der Waals surface area contributed by atoms with Gasteiger partial charge in [-0.1, -0.05) is 0 Å². The standard InChI is InChI=1S/C12H16N6O/c13-4-2-6-18-11(15)10(7-14)12(16-18)17-5-1-3-9(17)8-19/h9,19H,1-3,5-6,8,15H2. The summed E-state index contributed by atoms with van der Waals surface area (Å²) >= 11 is 0. The summed E-state index contributed by atoms with van der Waals surface area (Å²) in [6.45, 7) is 1.17. The fraction of sp³-hybridized carbons (Fsp3) is 0.583. The van der Waals surface area contributed by atoms with Crippen molar-refractivity contribution in [1.82, 2.24) is 9.78 Å². The van der Waals surface area contributed by atoms with Gasteiger partial charge in [0.15, 0.2) is 5.82 Å². The summed E-state index contributed by atoms with van der Waals surface area (Å²) in [4.78, 5) is 1.93. The Balaban J connectivity index is 2.35. The van der Waals surface area contributed by atoms with Gasteiger partial charge in [0.25, 0.3) is 0 Å². The minimum Gasteiger partial charge on any atom is -0.394 e. The molecule has 0 bridgehead atoms. The molecule has 1 aliphatic heterocycles. The van der Waals surface area contributed by atoms with Gasteiger partial charge < -0.3 is 15.7 Å². The zero-order valence-electron chi connectivity index (χ0n) is 10.6. The van der Waals surface area contributed by atoms with Crippen LogP contribution in [0.15, 0.2) is 0 Å². The molecule has 0 saturated carbocycles. The Hall–Kier alpha value is -2.25. The Morgan fingerprint density at radius 3 is 2.89 bits per heavy atom. The second-order valence-electron chi connectivity index (χ2n) is 4.50. The predicted octanol–water partition coefficient (Wildman–Crippen LogP) is 0.212. The Kier molecular flexibility index (Phi) is 3.88. The molecule has 0 radical (unpaired) electrons. The van der Waals surface area contributed by atoms with Gasteiger partial charge in [0.05, 0.1) is 31.7 Å². The van der Waals surface area contributed by atoms with Gasteiger partial charge >= 0.3 is 0 Å². The maximum absolute atomic E-state index is 9.35. The number of hydrogen-bond donors (Lipinski definition) is 2. The van der Waals surface area contributed by atoms with Crippen molar-refractivity contribution in [2.24, 2.45) is 0 Å². The molecule has 2 heterocycles. The molecule has 1 atom stereocenters. The van der Waals surface area contributed by atoms with Gasteiger partial charge in [-0.05, 0) is 12.8 Å². The highest BCUT2D eigenvalue weighted by molar-refractivity contribution is 5.65. The van der Waals surface area contributed by atoms with E-state index in [0.717, 1.165) is 19.4 Å². The highest BCUT2D eigenvalue weighted by atomic mass is 16.3. The van der Waals surface area contributed by atoms with Crippen LogP contribution in [0.2, 0.25) is 0 Å². The Bertz CT molecular complexity index is 538. The molecule has 7 heteroatoms. The second kappa shape index (κ2) is 5.59. The van der Waals surface area contributed by atoms with E-state index < -0.39 is 0 Å². The molecule has 19 heavy (non-hydrogen) atoms. The predicted molar refractivity (Wildman–Crippen MR) is 69.0 cm³/mol. The first-order valence-electron chi connectivity index (χ1n) is 6.23. The normalized spacial score (nSPS) is 18.3. The molecule has 2 rings (SSSR count). The van der Waals surface area contributed by atoms with Crippen molar-refractivity contribution >= 4 is 11.6 Å². The number of nitriles is 2. The van der Waals surface area contributed by atoms with Gasteiger partial charge in [0.1, 0.15) is 17.5 Å². The molecule has 1 aliphatic rings. The number of aromatic nitrogens is 2. The Labute approximate surface area is 111 Å². The van der Waals surface area contributed by atoms with Crippen LogP contribution in [0.5, 0.6) is 0 Å². The van der Waals surface area contributed by atoms with Crippen LogP contribution in [-0.4, -0.2) is 34.1 Å². The van der Waals surface area contributed by atoms with Crippen molar-refractivity contribution in [3.8, 4) is 12.1 Å². The quantitative estimate of drug-likeness (QED) is 0.799. The molecule has 3 N–H and O–H groups in total. The van der Waals surface area contributed by atoms with E-state index in [-0.39, 0.29) is 18.5 Å². The number of rotatable bonds is 4. The van der Waals surface area contributed by atoms with E-state index in [1.54, 1.807) is 0 Å². The SMILES string of the molecule is N#CCCn1nc(N2CCCC2CO)c(C#N)c1N. The van der Waals surface area contributed by atoms with Gasteiger partial charge in [0, 0.05) is 6.54 Å². The van der Waals surface area contributed by atoms with Crippen molar-refractivity contribution in [3.63, 3.8) is 0 Å².